The number of halogens is 1. The van der Waals surface area contributed by atoms with E-state index < -0.39 is 6.10 Å². The van der Waals surface area contributed by atoms with Crippen LogP contribution in [0.2, 0.25) is 0 Å². The number of ether oxygens (including phenoxy) is 1. The fourth-order valence-electron chi connectivity index (χ4n) is 2.88. The Kier molecular flexibility index (Phi) is 5.38. The monoisotopic (exact) mass is 281 g/mol. The largest absolute Gasteiger partial charge is 0.488 e. The standard InChI is InChI=1S/C16H24FNO2/c1-12-6-5-7-13(2)18(12)10-14(19)11-20-16-9-4-3-8-15(16)17/h3-4,8-9,12-14,19H,5-7,10-11H2,1-2H3/t12-,13-,14+/m1/s1. The number of rotatable bonds is 5. The summed E-state index contributed by atoms with van der Waals surface area (Å²) in [5.41, 5.74) is 0. The molecule has 3 atom stereocenters. The number of likely N-dealkylation sites (tertiary alicyclic amines) is 1. The van der Waals surface area contributed by atoms with Gasteiger partial charge in [0.25, 0.3) is 0 Å². The lowest BCUT2D eigenvalue weighted by atomic mass is 9.97. The van der Waals surface area contributed by atoms with Gasteiger partial charge in [-0.15, -0.1) is 0 Å². The van der Waals surface area contributed by atoms with E-state index in [4.69, 9.17) is 4.74 Å². The van der Waals surface area contributed by atoms with Crippen molar-refractivity contribution in [2.75, 3.05) is 13.2 Å². The van der Waals surface area contributed by atoms with Crippen molar-refractivity contribution in [2.24, 2.45) is 0 Å². The minimum Gasteiger partial charge on any atom is -0.488 e. The van der Waals surface area contributed by atoms with Gasteiger partial charge in [0.2, 0.25) is 0 Å². The molecule has 0 unspecified atom stereocenters. The molecule has 1 saturated heterocycles. The first-order chi connectivity index (χ1) is 9.58. The van der Waals surface area contributed by atoms with Gasteiger partial charge in [0.05, 0.1) is 0 Å². The molecule has 4 heteroatoms. The molecule has 1 aromatic carbocycles. The second-order valence-electron chi connectivity index (χ2n) is 5.72. The molecule has 1 fully saturated rings. The molecule has 0 spiro atoms. The van der Waals surface area contributed by atoms with E-state index in [1.54, 1.807) is 18.2 Å². The Labute approximate surface area is 120 Å². The zero-order chi connectivity index (χ0) is 14.5. The van der Waals surface area contributed by atoms with E-state index in [9.17, 15) is 9.50 Å². The molecule has 20 heavy (non-hydrogen) atoms. The Morgan fingerprint density at radius 3 is 2.60 bits per heavy atom. The second-order valence-corrected chi connectivity index (χ2v) is 5.72. The molecule has 1 heterocycles. The van der Waals surface area contributed by atoms with Crippen molar-refractivity contribution in [3.05, 3.63) is 30.1 Å². The van der Waals surface area contributed by atoms with Crippen molar-refractivity contribution < 1.29 is 14.2 Å². The van der Waals surface area contributed by atoms with E-state index in [0.717, 1.165) is 0 Å². The smallest absolute Gasteiger partial charge is 0.165 e. The summed E-state index contributed by atoms with van der Waals surface area (Å²) in [4.78, 5) is 2.32. The lowest BCUT2D eigenvalue weighted by Gasteiger charge is -2.40. The van der Waals surface area contributed by atoms with E-state index in [2.05, 4.69) is 18.7 Å². The number of piperidine rings is 1. The highest BCUT2D eigenvalue weighted by atomic mass is 19.1. The maximum absolute atomic E-state index is 13.4. The van der Waals surface area contributed by atoms with Crippen molar-refractivity contribution in [1.29, 1.82) is 0 Å². The van der Waals surface area contributed by atoms with Crippen LogP contribution in [0.4, 0.5) is 4.39 Å². The summed E-state index contributed by atoms with van der Waals surface area (Å²) in [5.74, 6) is -0.189. The Balaban J connectivity index is 1.83. The normalized spacial score (nSPS) is 25.4. The third kappa shape index (κ3) is 3.93. The fourth-order valence-corrected chi connectivity index (χ4v) is 2.88. The summed E-state index contributed by atoms with van der Waals surface area (Å²) in [7, 11) is 0. The molecule has 1 N–H and O–H groups in total. The Morgan fingerprint density at radius 1 is 1.30 bits per heavy atom. The van der Waals surface area contributed by atoms with E-state index in [-0.39, 0.29) is 18.2 Å². The summed E-state index contributed by atoms with van der Waals surface area (Å²) in [6.45, 7) is 5.09. The molecule has 1 aliphatic rings. The summed E-state index contributed by atoms with van der Waals surface area (Å²) in [6, 6.07) is 7.25. The number of hydrogen-bond acceptors (Lipinski definition) is 3. The summed E-state index contributed by atoms with van der Waals surface area (Å²) in [5, 5.41) is 10.1. The highest BCUT2D eigenvalue weighted by Crippen LogP contribution is 2.22. The molecule has 112 valence electrons. The predicted molar refractivity (Wildman–Crippen MR) is 77.4 cm³/mol. The number of hydrogen-bond donors (Lipinski definition) is 1. The number of β-amino-alcohol motifs (C(OH)–C–C–N with tert-alkyl or cyclic N) is 1. The maximum atomic E-state index is 13.4. The van der Waals surface area contributed by atoms with Gasteiger partial charge in [0, 0.05) is 18.6 Å². The molecule has 0 radical (unpaired) electrons. The van der Waals surface area contributed by atoms with Crippen LogP contribution < -0.4 is 4.74 Å². The van der Waals surface area contributed by atoms with Crippen molar-refractivity contribution in [2.45, 2.75) is 51.3 Å². The van der Waals surface area contributed by atoms with Crippen LogP contribution in [0, 0.1) is 5.82 Å². The van der Waals surface area contributed by atoms with Gasteiger partial charge in [0.15, 0.2) is 11.6 Å². The van der Waals surface area contributed by atoms with E-state index >= 15 is 0 Å². The molecule has 0 aromatic heterocycles. The number of para-hydroxylation sites is 1. The van der Waals surface area contributed by atoms with Crippen molar-refractivity contribution in [3.8, 4) is 5.75 Å². The SMILES string of the molecule is C[C@@H]1CCC[C@@H](C)N1C[C@H](O)COc1ccccc1F. The van der Waals surface area contributed by atoms with Gasteiger partial charge in [0.1, 0.15) is 12.7 Å². The van der Waals surface area contributed by atoms with E-state index in [1.807, 2.05) is 0 Å². The molecular weight excluding hydrogens is 257 g/mol. The third-order valence-corrected chi connectivity index (χ3v) is 4.07. The number of aliphatic hydroxyl groups excluding tert-OH is 1. The number of aliphatic hydroxyl groups is 1. The van der Waals surface area contributed by atoms with E-state index in [0.29, 0.717) is 18.6 Å². The Hall–Kier alpha value is -1.13. The van der Waals surface area contributed by atoms with Gasteiger partial charge in [-0.25, -0.2) is 4.39 Å². The maximum Gasteiger partial charge on any atom is 0.165 e. The van der Waals surface area contributed by atoms with Crippen LogP contribution in [0.25, 0.3) is 0 Å². The number of nitrogens with zero attached hydrogens (tertiary/aromatic N) is 1. The van der Waals surface area contributed by atoms with Gasteiger partial charge in [-0.3, -0.25) is 4.90 Å². The molecule has 0 saturated carbocycles. The van der Waals surface area contributed by atoms with Crippen LogP contribution in [0.5, 0.6) is 5.75 Å². The van der Waals surface area contributed by atoms with Crippen molar-refractivity contribution in [3.63, 3.8) is 0 Å². The summed E-state index contributed by atoms with van der Waals surface area (Å²) < 4.78 is 18.8. The quantitative estimate of drug-likeness (QED) is 0.901. The Morgan fingerprint density at radius 2 is 1.95 bits per heavy atom. The van der Waals surface area contributed by atoms with Crippen LogP contribution in [-0.4, -0.2) is 41.3 Å². The molecule has 1 aliphatic heterocycles. The third-order valence-electron chi connectivity index (χ3n) is 4.07. The molecule has 0 bridgehead atoms. The van der Waals surface area contributed by atoms with Gasteiger partial charge >= 0.3 is 0 Å². The first kappa shape index (κ1) is 15.3. The molecule has 0 amide bonds. The Bertz CT molecular complexity index is 417. The lowest BCUT2D eigenvalue weighted by Crippen LogP contribution is -2.48. The summed E-state index contributed by atoms with van der Waals surface area (Å²) >= 11 is 0. The van der Waals surface area contributed by atoms with Gasteiger partial charge < -0.3 is 9.84 Å². The zero-order valence-electron chi connectivity index (χ0n) is 12.3. The molecule has 3 nitrogen and oxygen atoms in total. The molecule has 0 aliphatic carbocycles. The van der Waals surface area contributed by atoms with Crippen LogP contribution in [-0.2, 0) is 0 Å². The van der Waals surface area contributed by atoms with Crippen LogP contribution in [0.15, 0.2) is 24.3 Å². The average Bonchev–Trinajstić information content (AvgIpc) is 2.42. The molecule has 1 aromatic rings. The van der Waals surface area contributed by atoms with Gasteiger partial charge in [-0.1, -0.05) is 18.6 Å². The van der Waals surface area contributed by atoms with Crippen molar-refractivity contribution in [1.82, 2.24) is 4.90 Å². The minimum atomic E-state index is -0.599. The first-order valence-corrected chi connectivity index (χ1v) is 7.39. The van der Waals surface area contributed by atoms with Gasteiger partial charge in [-0.2, -0.15) is 0 Å². The van der Waals surface area contributed by atoms with Crippen LogP contribution in [0.3, 0.4) is 0 Å². The fraction of sp³-hybridized carbons (Fsp3) is 0.625. The average molecular weight is 281 g/mol. The van der Waals surface area contributed by atoms with Gasteiger partial charge in [-0.05, 0) is 38.8 Å². The number of benzene rings is 1. The zero-order valence-corrected chi connectivity index (χ0v) is 12.3. The van der Waals surface area contributed by atoms with E-state index in [1.165, 1.54) is 25.3 Å². The van der Waals surface area contributed by atoms with Crippen LogP contribution in [0.1, 0.15) is 33.1 Å². The van der Waals surface area contributed by atoms with Crippen LogP contribution >= 0.6 is 0 Å². The first-order valence-electron chi connectivity index (χ1n) is 7.39. The highest BCUT2D eigenvalue weighted by Gasteiger charge is 2.26. The minimum absolute atomic E-state index is 0.122. The lowest BCUT2D eigenvalue weighted by molar-refractivity contribution is 0.0202. The molecular formula is C16H24FNO2. The summed E-state index contributed by atoms with van der Waals surface area (Å²) in [6.07, 6.45) is 2.99. The second kappa shape index (κ2) is 7.04. The predicted octanol–water partition coefficient (Wildman–Crippen LogP) is 2.83. The highest BCUT2D eigenvalue weighted by molar-refractivity contribution is 5.23. The van der Waals surface area contributed by atoms with Crippen molar-refractivity contribution >= 4 is 0 Å². The topological polar surface area (TPSA) is 32.7 Å². The molecule has 2 rings (SSSR count).